The van der Waals surface area contributed by atoms with Crippen LogP contribution >= 0.6 is 12.2 Å². The third-order valence-corrected chi connectivity index (χ3v) is 5.57. The van der Waals surface area contributed by atoms with E-state index in [0.717, 1.165) is 19.4 Å². The first kappa shape index (κ1) is 16.3. The molecule has 0 aliphatic carbocycles. The highest BCUT2D eigenvalue weighted by Crippen LogP contribution is 2.19. The highest BCUT2D eigenvalue weighted by atomic mass is 32.2. The monoisotopic (exact) mass is 328 g/mol. The van der Waals surface area contributed by atoms with Crippen LogP contribution in [0.15, 0.2) is 23.2 Å². The van der Waals surface area contributed by atoms with E-state index in [9.17, 15) is 8.42 Å². The van der Waals surface area contributed by atoms with Crippen LogP contribution in [0.1, 0.15) is 25.5 Å². The van der Waals surface area contributed by atoms with Gasteiger partial charge in [-0.1, -0.05) is 12.2 Å². The SMILES string of the molecule is CC1CC(NS(=O)(=O)c2cccnc2C(N)=S)CCN1C. The van der Waals surface area contributed by atoms with E-state index in [-0.39, 0.29) is 21.6 Å². The molecule has 0 aromatic carbocycles. The number of rotatable bonds is 4. The van der Waals surface area contributed by atoms with Crippen LogP contribution in [0.3, 0.4) is 0 Å². The first-order chi connectivity index (χ1) is 9.81. The Kier molecular flexibility index (Phi) is 4.92. The molecule has 1 aliphatic heterocycles. The molecule has 2 atom stereocenters. The van der Waals surface area contributed by atoms with Crippen molar-refractivity contribution in [3.05, 3.63) is 24.0 Å². The van der Waals surface area contributed by atoms with Crippen molar-refractivity contribution in [2.75, 3.05) is 13.6 Å². The summed E-state index contributed by atoms with van der Waals surface area (Å²) in [4.78, 5) is 6.21. The molecule has 1 aliphatic rings. The van der Waals surface area contributed by atoms with E-state index in [0.29, 0.717) is 6.04 Å². The highest BCUT2D eigenvalue weighted by molar-refractivity contribution is 7.89. The molecule has 1 saturated heterocycles. The maximum absolute atomic E-state index is 12.5. The first-order valence-electron chi connectivity index (χ1n) is 6.78. The largest absolute Gasteiger partial charge is 0.388 e. The zero-order valence-corrected chi connectivity index (χ0v) is 13.7. The first-order valence-corrected chi connectivity index (χ1v) is 8.68. The van der Waals surface area contributed by atoms with Crippen molar-refractivity contribution in [1.82, 2.24) is 14.6 Å². The Balaban J connectivity index is 2.22. The predicted molar refractivity (Wildman–Crippen MR) is 85.6 cm³/mol. The minimum atomic E-state index is -3.68. The molecule has 116 valence electrons. The number of aromatic nitrogens is 1. The number of hydrogen-bond donors (Lipinski definition) is 2. The Morgan fingerprint density at radius 3 is 2.90 bits per heavy atom. The molecule has 2 unspecified atom stereocenters. The van der Waals surface area contributed by atoms with Gasteiger partial charge in [-0.15, -0.1) is 0 Å². The number of sulfonamides is 1. The molecule has 0 amide bonds. The lowest BCUT2D eigenvalue weighted by Crippen LogP contribution is -2.47. The molecule has 0 radical (unpaired) electrons. The molecule has 21 heavy (non-hydrogen) atoms. The third-order valence-electron chi connectivity index (χ3n) is 3.82. The number of nitrogens with one attached hydrogen (secondary N) is 1. The number of piperidine rings is 1. The summed E-state index contributed by atoms with van der Waals surface area (Å²) in [5.41, 5.74) is 5.69. The number of nitrogens with two attached hydrogens (primary N) is 1. The Hall–Kier alpha value is -1.09. The lowest BCUT2D eigenvalue weighted by molar-refractivity contribution is 0.178. The van der Waals surface area contributed by atoms with E-state index in [1.165, 1.54) is 12.3 Å². The molecule has 3 N–H and O–H groups in total. The summed E-state index contributed by atoms with van der Waals surface area (Å²) in [5, 5.41) is 0. The second kappa shape index (κ2) is 6.35. The highest BCUT2D eigenvalue weighted by Gasteiger charge is 2.28. The molecular weight excluding hydrogens is 308 g/mol. The number of thiocarbonyl (C=S) groups is 1. The van der Waals surface area contributed by atoms with Crippen molar-refractivity contribution < 1.29 is 8.42 Å². The Labute approximate surface area is 130 Å². The molecular formula is C13H20N4O2S2. The Morgan fingerprint density at radius 2 is 2.29 bits per heavy atom. The van der Waals surface area contributed by atoms with E-state index in [2.05, 4.69) is 21.5 Å². The van der Waals surface area contributed by atoms with Crippen LogP contribution in [0.2, 0.25) is 0 Å². The van der Waals surface area contributed by atoms with Gasteiger partial charge in [-0.05, 0) is 45.5 Å². The van der Waals surface area contributed by atoms with Gasteiger partial charge < -0.3 is 10.6 Å². The fourth-order valence-electron chi connectivity index (χ4n) is 2.47. The molecule has 2 heterocycles. The molecule has 0 saturated carbocycles. The second-order valence-electron chi connectivity index (χ2n) is 5.39. The van der Waals surface area contributed by atoms with Crippen molar-refractivity contribution in [1.29, 1.82) is 0 Å². The lowest BCUT2D eigenvalue weighted by Gasteiger charge is -2.35. The van der Waals surface area contributed by atoms with Crippen LogP contribution in [-0.4, -0.2) is 49.0 Å². The lowest BCUT2D eigenvalue weighted by atomic mass is 10.0. The number of likely N-dealkylation sites (tertiary alicyclic amines) is 1. The van der Waals surface area contributed by atoms with Crippen LogP contribution in [0, 0.1) is 0 Å². The average Bonchev–Trinajstić information content (AvgIpc) is 2.42. The summed E-state index contributed by atoms with van der Waals surface area (Å²) in [6.45, 7) is 2.95. The van der Waals surface area contributed by atoms with Crippen LogP contribution in [0.25, 0.3) is 0 Å². The van der Waals surface area contributed by atoms with Crippen LogP contribution < -0.4 is 10.5 Å². The van der Waals surface area contributed by atoms with Gasteiger partial charge >= 0.3 is 0 Å². The van der Waals surface area contributed by atoms with Crippen LogP contribution in [0.4, 0.5) is 0 Å². The molecule has 8 heteroatoms. The average molecular weight is 328 g/mol. The molecule has 0 spiro atoms. The molecule has 2 rings (SSSR count). The van der Waals surface area contributed by atoms with Crippen molar-refractivity contribution in [2.45, 2.75) is 36.7 Å². The maximum Gasteiger partial charge on any atom is 0.243 e. The van der Waals surface area contributed by atoms with Crippen molar-refractivity contribution in [3.63, 3.8) is 0 Å². The summed E-state index contributed by atoms with van der Waals surface area (Å²) in [5.74, 6) is 0. The number of hydrogen-bond acceptors (Lipinski definition) is 5. The quantitative estimate of drug-likeness (QED) is 0.782. The zero-order valence-electron chi connectivity index (χ0n) is 12.1. The van der Waals surface area contributed by atoms with Crippen LogP contribution in [-0.2, 0) is 10.0 Å². The van der Waals surface area contributed by atoms with Gasteiger partial charge in [-0.25, -0.2) is 13.1 Å². The molecule has 1 fully saturated rings. The maximum atomic E-state index is 12.5. The van der Waals surface area contributed by atoms with Gasteiger partial charge in [0, 0.05) is 18.3 Å². The fourth-order valence-corrected chi connectivity index (χ4v) is 4.15. The Bertz CT molecular complexity index is 633. The molecule has 0 bridgehead atoms. The summed E-state index contributed by atoms with van der Waals surface area (Å²) in [6.07, 6.45) is 3.03. The summed E-state index contributed by atoms with van der Waals surface area (Å²) < 4.78 is 27.8. The van der Waals surface area contributed by atoms with Gasteiger partial charge in [0.15, 0.2) is 0 Å². The fraction of sp³-hybridized carbons (Fsp3) is 0.538. The van der Waals surface area contributed by atoms with Crippen molar-refractivity contribution >= 4 is 27.2 Å². The number of nitrogens with zero attached hydrogens (tertiary/aromatic N) is 2. The second-order valence-corrected chi connectivity index (χ2v) is 7.51. The third kappa shape index (κ3) is 3.76. The van der Waals surface area contributed by atoms with Crippen molar-refractivity contribution in [2.24, 2.45) is 5.73 Å². The number of pyridine rings is 1. The molecule has 1 aromatic heterocycles. The van der Waals surface area contributed by atoms with E-state index in [1.807, 2.05) is 7.05 Å². The van der Waals surface area contributed by atoms with Gasteiger partial charge in [0.1, 0.15) is 15.6 Å². The van der Waals surface area contributed by atoms with E-state index in [4.69, 9.17) is 18.0 Å². The van der Waals surface area contributed by atoms with E-state index in [1.54, 1.807) is 6.07 Å². The summed E-state index contributed by atoms with van der Waals surface area (Å²) in [7, 11) is -1.63. The normalized spacial score (nSPS) is 23.9. The zero-order chi connectivity index (χ0) is 15.6. The van der Waals surface area contributed by atoms with Gasteiger partial charge in [-0.3, -0.25) is 4.98 Å². The van der Waals surface area contributed by atoms with Gasteiger partial charge in [0.2, 0.25) is 10.0 Å². The smallest absolute Gasteiger partial charge is 0.243 e. The van der Waals surface area contributed by atoms with E-state index >= 15 is 0 Å². The summed E-state index contributed by atoms with van der Waals surface area (Å²) in [6, 6.07) is 3.30. The van der Waals surface area contributed by atoms with Gasteiger partial charge in [0.25, 0.3) is 0 Å². The topological polar surface area (TPSA) is 88.3 Å². The molecule has 6 nitrogen and oxygen atoms in total. The standard InChI is InChI=1S/C13H20N4O2S2/c1-9-8-10(5-7-17(9)2)16-21(18,19)11-4-3-6-15-12(11)13(14)20/h3-4,6,9-10,16H,5,7-8H2,1-2H3,(H2,14,20). The Morgan fingerprint density at radius 1 is 1.57 bits per heavy atom. The van der Waals surface area contributed by atoms with Gasteiger partial charge in [0.05, 0.1) is 0 Å². The van der Waals surface area contributed by atoms with E-state index < -0.39 is 10.0 Å². The summed E-state index contributed by atoms with van der Waals surface area (Å²) >= 11 is 4.87. The van der Waals surface area contributed by atoms with Crippen molar-refractivity contribution in [3.8, 4) is 0 Å². The van der Waals surface area contributed by atoms with Gasteiger partial charge in [-0.2, -0.15) is 0 Å². The minimum Gasteiger partial charge on any atom is -0.388 e. The predicted octanol–water partition coefficient (Wildman–Crippen LogP) is 0.477. The van der Waals surface area contributed by atoms with Crippen LogP contribution in [0.5, 0.6) is 0 Å². The molecule has 1 aromatic rings. The minimum absolute atomic E-state index is 0.0206.